The Morgan fingerprint density at radius 3 is 1.84 bits per heavy atom. The first kappa shape index (κ1) is 55.7. The quantitative estimate of drug-likeness (QED) is 0.0292. The number of nitro benzene ring substituents is 1. The van der Waals surface area contributed by atoms with Crippen LogP contribution in [0.25, 0.3) is 36.8 Å². The molecule has 9 aromatic rings. The van der Waals surface area contributed by atoms with E-state index in [0.29, 0.717) is 11.1 Å². The van der Waals surface area contributed by atoms with Gasteiger partial charge in [0.15, 0.2) is 16.8 Å². The van der Waals surface area contributed by atoms with Crippen molar-refractivity contribution in [1.29, 1.82) is 5.26 Å². The van der Waals surface area contributed by atoms with E-state index in [-0.39, 0.29) is 116 Å². The number of azo groups is 1. The van der Waals surface area contributed by atoms with Crippen molar-refractivity contribution in [3.63, 3.8) is 0 Å². The molecule has 0 aliphatic carbocycles. The molecule has 0 amide bonds. The standard InChI is InChI=1S/C48H39N11O14S6/c1-22-15-25(4)43(78(68,69)70)27(6)39(22)53-45-40(54-55-46-33(21-49)41(29-9-8-10-30(18-29)59(60)61)56-58(46)48-51-35-14-12-32(77(65,66)67)20-37(35)75-48)23(2)17-38(52-45)57(42-24(3)16-26(5)44(28(42)7)79(71,72)73)47-50-34-13-11-31(76(62,63)64)19-36(34)74-47/h8-20H,1-7H3,(H,52,53)(H,62,63,64)(H,65,66,67)(H,68,69,70)(H,71,72,73)/b55-54+. The Morgan fingerprint density at radius 2 is 1.25 bits per heavy atom. The Labute approximate surface area is 457 Å². The zero-order chi connectivity index (χ0) is 57.6. The molecule has 0 atom stereocenters. The number of thiazole rings is 2. The lowest BCUT2D eigenvalue weighted by atomic mass is 10.0. The molecule has 0 unspecified atom stereocenters. The van der Waals surface area contributed by atoms with Gasteiger partial charge in [-0.2, -0.15) is 48.7 Å². The number of pyridine rings is 1. The predicted octanol–water partition coefficient (Wildman–Crippen LogP) is 10.7. The van der Waals surface area contributed by atoms with Gasteiger partial charge in [0.2, 0.25) is 5.13 Å². The van der Waals surface area contributed by atoms with Crippen LogP contribution in [0.5, 0.6) is 0 Å². The van der Waals surface area contributed by atoms with Gasteiger partial charge in [0.05, 0.1) is 40.8 Å². The Morgan fingerprint density at radius 1 is 0.671 bits per heavy atom. The second-order valence-electron chi connectivity index (χ2n) is 17.8. The first-order valence-corrected chi connectivity index (χ1v) is 30.0. The third-order valence-electron chi connectivity index (χ3n) is 12.4. The van der Waals surface area contributed by atoms with Crippen molar-refractivity contribution < 1.29 is 56.8 Å². The smallest absolute Gasteiger partial charge is 0.295 e. The molecule has 0 radical (unpaired) electrons. The summed E-state index contributed by atoms with van der Waals surface area (Å²) in [7, 11) is -19.1. The summed E-state index contributed by atoms with van der Waals surface area (Å²) in [6, 6.07) is 19.0. The molecule has 4 heterocycles. The number of fused-ring (bicyclic) bond motifs is 2. The van der Waals surface area contributed by atoms with Crippen LogP contribution in [0.1, 0.15) is 44.5 Å². The number of nitrogens with zero attached hydrogens (tertiary/aromatic N) is 10. The SMILES string of the molecule is Cc1cc(N(c2nc3ccc(S(=O)(=O)O)cc3s2)c2c(C)cc(C)c(S(=O)(=O)O)c2C)nc(Nc2c(C)cc(C)c(S(=O)(=O)O)c2C)c1/N=N/c1c(C#N)c(-c2cccc([N+](=O)[O-])c2)nn1-c1nc2ccc(S(=O)(=O)O)cc2s1. The van der Waals surface area contributed by atoms with Crippen LogP contribution >= 0.6 is 22.7 Å². The Bertz CT molecular complexity index is 4680. The fraction of sp³-hybridized carbons (Fsp3) is 0.146. The van der Waals surface area contributed by atoms with Crippen LogP contribution in [0.4, 0.5) is 45.3 Å². The van der Waals surface area contributed by atoms with E-state index in [1.165, 1.54) is 93.3 Å². The fourth-order valence-electron chi connectivity index (χ4n) is 9.16. The van der Waals surface area contributed by atoms with E-state index in [0.717, 1.165) is 45.6 Å². The molecule has 5 N–H and O–H groups in total. The molecular formula is C48H39N11O14S6. The van der Waals surface area contributed by atoms with Gasteiger partial charge in [-0.15, -0.1) is 10.2 Å². The van der Waals surface area contributed by atoms with Crippen LogP contribution in [-0.4, -0.2) is 81.5 Å². The molecule has 25 nitrogen and oxygen atoms in total. The van der Waals surface area contributed by atoms with E-state index in [1.54, 1.807) is 20.8 Å². The van der Waals surface area contributed by atoms with Gasteiger partial charge in [0, 0.05) is 23.4 Å². The molecule has 0 aliphatic rings. The van der Waals surface area contributed by atoms with Gasteiger partial charge in [-0.3, -0.25) is 33.2 Å². The molecule has 9 rings (SSSR count). The topological polar surface area (TPSA) is 381 Å². The Balaban J connectivity index is 1.35. The first-order chi connectivity index (χ1) is 36.8. The van der Waals surface area contributed by atoms with Gasteiger partial charge in [0.25, 0.3) is 46.2 Å². The average Bonchev–Trinajstić information content (AvgIpc) is 4.31. The minimum atomic E-state index is -4.91. The number of hydrogen-bond acceptors (Lipinski definition) is 21. The maximum absolute atomic E-state index is 13.1. The molecule has 5 aromatic carbocycles. The summed E-state index contributed by atoms with van der Waals surface area (Å²) >= 11 is 1.79. The molecule has 0 saturated heterocycles. The molecule has 31 heteroatoms. The van der Waals surface area contributed by atoms with E-state index >= 15 is 0 Å². The van der Waals surface area contributed by atoms with Crippen molar-refractivity contribution in [2.75, 3.05) is 10.2 Å². The van der Waals surface area contributed by atoms with Crippen LogP contribution < -0.4 is 10.2 Å². The maximum Gasteiger partial charge on any atom is 0.295 e. The van der Waals surface area contributed by atoms with Gasteiger partial charge in [-0.25, -0.2) is 15.0 Å². The van der Waals surface area contributed by atoms with Crippen LogP contribution in [0.3, 0.4) is 0 Å². The minimum Gasteiger partial charge on any atom is -0.338 e. The Hall–Kier alpha value is -8.03. The number of benzene rings is 5. The van der Waals surface area contributed by atoms with Gasteiger partial charge in [0.1, 0.15) is 38.6 Å². The number of nitriles is 1. The van der Waals surface area contributed by atoms with Crippen LogP contribution in [0.15, 0.2) is 109 Å². The van der Waals surface area contributed by atoms with E-state index in [1.807, 2.05) is 6.07 Å². The molecule has 0 fully saturated rings. The lowest BCUT2D eigenvalue weighted by Crippen LogP contribution is -2.17. The van der Waals surface area contributed by atoms with E-state index in [2.05, 4.69) is 25.6 Å². The summed E-state index contributed by atoms with van der Waals surface area (Å²) < 4.78 is 143. The highest BCUT2D eigenvalue weighted by atomic mass is 32.2. The number of rotatable bonds is 14. The van der Waals surface area contributed by atoms with Gasteiger partial charge < -0.3 is 5.32 Å². The molecular weight excluding hydrogens is 1150 g/mol. The molecule has 406 valence electrons. The lowest BCUT2D eigenvalue weighted by Gasteiger charge is -2.28. The number of aromatic nitrogens is 5. The number of anilines is 5. The average molecular weight is 1190 g/mol. The zero-order valence-corrected chi connectivity index (χ0v) is 46.7. The van der Waals surface area contributed by atoms with Crippen molar-refractivity contribution >= 4 is 129 Å². The zero-order valence-electron chi connectivity index (χ0n) is 41.8. The van der Waals surface area contributed by atoms with Crippen LogP contribution in [0.2, 0.25) is 0 Å². The second kappa shape index (κ2) is 20.0. The van der Waals surface area contributed by atoms with Crippen LogP contribution in [0, 0.1) is 69.9 Å². The summed E-state index contributed by atoms with van der Waals surface area (Å²) in [5.41, 5.74) is 1.49. The summed E-state index contributed by atoms with van der Waals surface area (Å²) in [5.74, 6) is -0.558. The molecule has 0 spiro atoms. The third kappa shape index (κ3) is 10.6. The van der Waals surface area contributed by atoms with Gasteiger partial charge in [-0.05, 0) is 130 Å². The summed E-state index contributed by atoms with van der Waals surface area (Å²) in [4.78, 5) is 25.3. The summed E-state index contributed by atoms with van der Waals surface area (Å²) in [5, 5.41) is 39.8. The largest absolute Gasteiger partial charge is 0.338 e. The highest BCUT2D eigenvalue weighted by Crippen LogP contribution is 2.47. The monoisotopic (exact) mass is 1190 g/mol. The number of nitrogens with one attached hydrogen (secondary N) is 1. The molecule has 0 bridgehead atoms. The number of aryl methyl sites for hydroxylation is 5. The minimum absolute atomic E-state index is 0.0138. The van der Waals surface area contributed by atoms with Crippen LogP contribution in [-0.2, 0) is 40.5 Å². The molecule has 79 heavy (non-hydrogen) atoms. The highest BCUT2D eigenvalue weighted by Gasteiger charge is 2.31. The third-order valence-corrected chi connectivity index (χ3v) is 18.3. The van der Waals surface area contributed by atoms with Crippen molar-refractivity contribution in [3.8, 4) is 22.5 Å². The molecule has 4 aromatic heterocycles. The maximum atomic E-state index is 13.1. The van der Waals surface area contributed by atoms with E-state index in [9.17, 15) is 67.3 Å². The predicted molar refractivity (Wildman–Crippen MR) is 292 cm³/mol. The van der Waals surface area contributed by atoms with Gasteiger partial charge in [-0.1, -0.05) is 46.9 Å². The summed E-state index contributed by atoms with van der Waals surface area (Å²) in [6.45, 7) is 10.7. The normalized spacial score (nSPS) is 12.4. The van der Waals surface area contributed by atoms with Crippen molar-refractivity contribution in [2.45, 2.75) is 68.0 Å². The van der Waals surface area contributed by atoms with Crippen molar-refractivity contribution in [2.24, 2.45) is 10.2 Å². The lowest BCUT2D eigenvalue weighted by molar-refractivity contribution is -0.384. The summed E-state index contributed by atoms with van der Waals surface area (Å²) in [6.07, 6.45) is 0. The highest BCUT2D eigenvalue weighted by molar-refractivity contribution is 7.86. The fourth-order valence-corrected chi connectivity index (χ4v) is 14.2. The Kier molecular flexibility index (Phi) is 14.1. The first-order valence-electron chi connectivity index (χ1n) is 22.6. The number of nitro groups is 1. The van der Waals surface area contributed by atoms with E-state index < -0.39 is 65.0 Å². The van der Waals surface area contributed by atoms with Crippen molar-refractivity contribution in [1.82, 2.24) is 24.7 Å². The number of non-ortho nitro benzene ring substituents is 1. The van der Waals surface area contributed by atoms with Crippen molar-refractivity contribution in [3.05, 3.63) is 133 Å². The van der Waals surface area contributed by atoms with E-state index in [4.69, 9.17) is 9.97 Å². The van der Waals surface area contributed by atoms with Gasteiger partial charge >= 0.3 is 0 Å². The second-order valence-corrected chi connectivity index (χ2v) is 25.4. The molecule has 0 aliphatic heterocycles. The molecule has 0 saturated carbocycles. The number of hydrogen-bond donors (Lipinski definition) is 5.